The number of halogens is 1. The Balaban J connectivity index is 0.00000242. The smallest absolute Gasteiger partial charge is 0.236 e. The highest BCUT2D eigenvalue weighted by Gasteiger charge is 2.23. The van der Waals surface area contributed by atoms with Gasteiger partial charge < -0.3 is 24.4 Å². The van der Waals surface area contributed by atoms with Crippen LogP contribution >= 0.6 is 12.4 Å². The number of hydrogen-bond acceptors (Lipinski definition) is 5. The van der Waals surface area contributed by atoms with Crippen molar-refractivity contribution in [3.05, 3.63) is 24.3 Å². The van der Waals surface area contributed by atoms with Crippen molar-refractivity contribution >= 4 is 18.3 Å². The minimum atomic E-state index is -0.146. The predicted octanol–water partition coefficient (Wildman–Crippen LogP) is 0.943. The van der Waals surface area contributed by atoms with E-state index >= 15 is 0 Å². The van der Waals surface area contributed by atoms with E-state index in [1.165, 1.54) is 0 Å². The molecule has 1 aliphatic heterocycles. The number of rotatable bonds is 7. The number of fused-ring (bicyclic) bond motifs is 1. The molecule has 124 valence electrons. The number of carbonyl (C=O) groups excluding carboxylic acids is 1. The summed E-state index contributed by atoms with van der Waals surface area (Å²) in [6, 6.07) is 7.55. The van der Waals surface area contributed by atoms with E-state index in [0.29, 0.717) is 32.8 Å². The summed E-state index contributed by atoms with van der Waals surface area (Å²) in [6.07, 6.45) is -0.146. The third-order valence-electron chi connectivity index (χ3n) is 3.23. The molecule has 1 amide bonds. The molecule has 0 bridgehead atoms. The molecule has 1 aliphatic rings. The van der Waals surface area contributed by atoms with E-state index in [-0.39, 0.29) is 24.4 Å². The molecule has 7 heteroatoms. The maximum Gasteiger partial charge on any atom is 0.236 e. The molecule has 1 heterocycles. The summed E-state index contributed by atoms with van der Waals surface area (Å²) in [4.78, 5) is 13.6. The first-order chi connectivity index (χ1) is 10.2. The van der Waals surface area contributed by atoms with Crippen molar-refractivity contribution in [2.75, 3.05) is 47.0 Å². The van der Waals surface area contributed by atoms with Crippen LogP contribution in [-0.4, -0.2) is 63.9 Å². The van der Waals surface area contributed by atoms with E-state index in [4.69, 9.17) is 14.2 Å². The average Bonchev–Trinajstić information content (AvgIpc) is 2.51. The van der Waals surface area contributed by atoms with Crippen molar-refractivity contribution in [1.82, 2.24) is 10.2 Å². The van der Waals surface area contributed by atoms with Crippen LogP contribution in [0.4, 0.5) is 0 Å². The first-order valence-corrected chi connectivity index (χ1v) is 7.03. The molecule has 0 fully saturated rings. The van der Waals surface area contributed by atoms with Crippen molar-refractivity contribution in [3.8, 4) is 11.5 Å². The summed E-state index contributed by atoms with van der Waals surface area (Å²) < 4.78 is 16.4. The number of hydrogen-bond donors (Lipinski definition) is 1. The lowest BCUT2D eigenvalue weighted by molar-refractivity contribution is -0.130. The van der Waals surface area contributed by atoms with Gasteiger partial charge >= 0.3 is 0 Å². The first kappa shape index (κ1) is 18.5. The molecule has 1 aromatic rings. The number of ether oxygens (including phenoxy) is 3. The number of para-hydroxylation sites is 2. The van der Waals surface area contributed by atoms with Gasteiger partial charge in [0.15, 0.2) is 17.6 Å². The normalized spacial score (nSPS) is 15.8. The lowest BCUT2D eigenvalue weighted by Gasteiger charge is -2.29. The Hall–Kier alpha value is -1.50. The molecule has 0 saturated carbocycles. The molecule has 0 spiro atoms. The van der Waals surface area contributed by atoms with Gasteiger partial charge in [-0.2, -0.15) is 0 Å². The van der Waals surface area contributed by atoms with Gasteiger partial charge in [0.1, 0.15) is 6.61 Å². The minimum Gasteiger partial charge on any atom is -0.486 e. The Morgan fingerprint density at radius 1 is 1.41 bits per heavy atom. The third-order valence-corrected chi connectivity index (χ3v) is 3.23. The summed E-state index contributed by atoms with van der Waals surface area (Å²) in [5, 5.41) is 3.03. The highest BCUT2D eigenvalue weighted by Crippen LogP contribution is 2.30. The van der Waals surface area contributed by atoms with Crippen LogP contribution in [0.3, 0.4) is 0 Å². The van der Waals surface area contributed by atoms with E-state index in [0.717, 1.165) is 11.5 Å². The Kier molecular flexibility index (Phi) is 8.01. The van der Waals surface area contributed by atoms with Crippen LogP contribution in [0.2, 0.25) is 0 Å². The van der Waals surface area contributed by atoms with Crippen LogP contribution in [0.1, 0.15) is 0 Å². The van der Waals surface area contributed by atoms with Crippen molar-refractivity contribution in [3.63, 3.8) is 0 Å². The van der Waals surface area contributed by atoms with Crippen molar-refractivity contribution in [1.29, 1.82) is 0 Å². The summed E-state index contributed by atoms with van der Waals surface area (Å²) in [5.74, 6) is 1.50. The molecule has 1 aromatic carbocycles. The van der Waals surface area contributed by atoms with Crippen LogP contribution in [0.15, 0.2) is 24.3 Å². The molecule has 0 radical (unpaired) electrons. The van der Waals surface area contributed by atoms with Gasteiger partial charge in [-0.3, -0.25) is 4.79 Å². The van der Waals surface area contributed by atoms with Gasteiger partial charge in [0.2, 0.25) is 5.91 Å². The maximum absolute atomic E-state index is 12.0. The molecule has 1 unspecified atom stereocenters. The van der Waals surface area contributed by atoms with Crippen LogP contribution < -0.4 is 14.8 Å². The van der Waals surface area contributed by atoms with E-state index in [1.54, 1.807) is 19.1 Å². The second-order valence-electron chi connectivity index (χ2n) is 4.94. The lowest BCUT2D eigenvalue weighted by atomic mass is 10.2. The summed E-state index contributed by atoms with van der Waals surface area (Å²) in [5.41, 5.74) is 0. The van der Waals surface area contributed by atoms with Crippen LogP contribution in [0, 0.1) is 0 Å². The fraction of sp³-hybridized carbons (Fsp3) is 0.533. The molecule has 1 atom stereocenters. The number of nitrogens with zero attached hydrogens (tertiary/aromatic N) is 1. The Morgan fingerprint density at radius 2 is 2.14 bits per heavy atom. The van der Waals surface area contributed by atoms with Gasteiger partial charge in [0, 0.05) is 20.7 Å². The largest absolute Gasteiger partial charge is 0.486 e. The van der Waals surface area contributed by atoms with Gasteiger partial charge in [0.05, 0.1) is 19.7 Å². The van der Waals surface area contributed by atoms with E-state index < -0.39 is 0 Å². The minimum absolute atomic E-state index is 0. The zero-order valence-electron chi connectivity index (χ0n) is 12.9. The maximum atomic E-state index is 12.0. The molecule has 22 heavy (non-hydrogen) atoms. The molecule has 1 N–H and O–H groups in total. The van der Waals surface area contributed by atoms with Crippen LogP contribution in [0.25, 0.3) is 0 Å². The molecule has 0 aromatic heterocycles. The Morgan fingerprint density at radius 3 is 2.86 bits per heavy atom. The summed E-state index contributed by atoms with van der Waals surface area (Å²) in [7, 11) is 3.40. The predicted molar refractivity (Wildman–Crippen MR) is 86.0 cm³/mol. The van der Waals surface area contributed by atoms with E-state index in [2.05, 4.69) is 5.32 Å². The zero-order chi connectivity index (χ0) is 15.1. The van der Waals surface area contributed by atoms with Crippen molar-refractivity contribution < 1.29 is 19.0 Å². The van der Waals surface area contributed by atoms with Gasteiger partial charge in [-0.1, -0.05) is 12.1 Å². The second kappa shape index (κ2) is 9.50. The zero-order valence-corrected chi connectivity index (χ0v) is 13.7. The molecule has 0 aliphatic carbocycles. The highest BCUT2D eigenvalue weighted by atomic mass is 35.5. The number of benzene rings is 1. The van der Waals surface area contributed by atoms with Crippen molar-refractivity contribution in [2.24, 2.45) is 0 Å². The number of amides is 1. The standard InChI is InChI=1S/C15H22N2O4.ClH/c1-17(15(18)9-16-7-8-19-2)10-12-11-20-13-5-3-4-6-14(13)21-12;/h3-6,12,16H,7-11H2,1-2H3;1H. The van der Waals surface area contributed by atoms with Gasteiger partial charge in [0.25, 0.3) is 0 Å². The van der Waals surface area contributed by atoms with Crippen LogP contribution in [-0.2, 0) is 9.53 Å². The molecular weight excluding hydrogens is 308 g/mol. The summed E-state index contributed by atoms with van der Waals surface area (Å²) >= 11 is 0. The third kappa shape index (κ3) is 5.36. The molecular formula is C15H23ClN2O4. The second-order valence-corrected chi connectivity index (χ2v) is 4.94. The van der Waals surface area contributed by atoms with Gasteiger partial charge in [-0.05, 0) is 12.1 Å². The molecule has 6 nitrogen and oxygen atoms in total. The van der Waals surface area contributed by atoms with Gasteiger partial charge in [-0.25, -0.2) is 0 Å². The number of carbonyl (C=O) groups is 1. The summed E-state index contributed by atoms with van der Waals surface area (Å²) in [6.45, 7) is 2.49. The lowest BCUT2D eigenvalue weighted by Crippen LogP contribution is -2.44. The number of methoxy groups -OCH3 is 1. The SMILES string of the molecule is COCCNCC(=O)N(C)CC1COc2ccccc2O1.Cl. The van der Waals surface area contributed by atoms with Crippen molar-refractivity contribution in [2.45, 2.75) is 6.10 Å². The topological polar surface area (TPSA) is 60.0 Å². The molecule has 0 saturated heterocycles. The Bertz CT molecular complexity index is 473. The monoisotopic (exact) mass is 330 g/mol. The number of likely N-dealkylation sites (N-methyl/N-ethyl adjacent to an activating group) is 1. The number of nitrogens with one attached hydrogen (secondary N) is 1. The highest BCUT2D eigenvalue weighted by molar-refractivity contribution is 5.85. The quantitative estimate of drug-likeness (QED) is 0.754. The fourth-order valence-electron chi connectivity index (χ4n) is 2.06. The van der Waals surface area contributed by atoms with Crippen LogP contribution in [0.5, 0.6) is 11.5 Å². The van der Waals surface area contributed by atoms with E-state index in [9.17, 15) is 4.79 Å². The Labute approximate surface area is 137 Å². The average molecular weight is 331 g/mol. The fourth-order valence-corrected chi connectivity index (χ4v) is 2.06. The van der Waals surface area contributed by atoms with Gasteiger partial charge in [-0.15, -0.1) is 12.4 Å². The first-order valence-electron chi connectivity index (χ1n) is 7.03. The van der Waals surface area contributed by atoms with E-state index in [1.807, 2.05) is 24.3 Å². The molecule has 2 rings (SSSR count).